The second-order valence-electron chi connectivity index (χ2n) is 5.28. The number of aromatic nitrogens is 1. The van der Waals surface area contributed by atoms with Crippen LogP contribution in [0.2, 0.25) is 0 Å². The van der Waals surface area contributed by atoms with Gasteiger partial charge in [-0.05, 0) is 40.2 Å². The summed E-state index contributed by atoms with van der Waals surface area (Å²) in [5.74, 6) is 0. The molecule has 0 amide bonds. The number of fused-ring (bicyclic) bond motifs is 3. The van der Waals surface area contributed by atoms with Crippen LogP contribution in [0.25, 0.3) is 43.6 Å². The molecule has 2 nitrogen and oxygen atoms in total. The number of nitrogens with zero attached hydrogens (tertiary/aromatic N) is 1. The molecule has 1 radical (unpaired) electrons. The summed E-state index contributed by atoms with van der Waals surface area (Å²) >= 11 is 0. The monoisotopic (exact) mass is 449 g/mol. The Bertz CT molecular complexity index is 1110. The fraction of sp³-hybridized carbons (Fsp3) is 0.0556. The van der Waals surface area contributed by atoms with E-state index in [4.69, 9.17) is 4.42 Å². The first-order valence-corrected chi connectivity index (χ1v) is 6.66. The van der Waals surface area contributed by atoms with Gasteiger partial charge in [-0.25, -0.2) is 0 Å². The van der Waals surface area contributed by atoms with Crippen LogP contribution < -0.4 is 0 Å². The largest absolute Gasteiger partial charge is 0.476 e. The van der Waals surface area contributed by atoms with Crippen molar-refractivity contribution in [2.24, 2.45) is 0 Å². The van der Waals surface area contributed by atoms with E-state index in [0.29, 0.717) is 0 Å². The Balaban J connectivity index is 0.00000115. The molecule has 2 aromatic heterocycles. The number of aryl methyl sites for hydroxylation is 1. The van der Waals surface area contributed by atoms with Crippen LogP contribution in [0.4, 0.5) is 0 Å². The minimum Gasteiger partial charge on any atom is -0.476 e. The fourth-order valence-corrected chi connectivity index (χ4v) is 3.19. The van der Waals surface area contributed by atoms with Gasteiger partial charge in [0.1, 0.15) is 5.58 Å². The molecule has 0 aliphatic carbocycles. The Morgan fingerprint density at radius 2 is 1.90 bits per heavy atom. The van der Waals surface area contributed by atoms with Crippen LogP contribution >= 0.6 is 0 Å². The van der Waals surface area contributed by atoms with Crippen LogP contribution in [0.5, 0.6) is 0 Å². The average molecular weight is 449 g/mol. The van der Waals surface area contributed by atoms with Crippen LogP contribution in [0.1, 0.15) is 5.56 Å². The third-order valence-electron chi connectivity index (χ3n) is 4.01. The van der Waals surface area contributed by atoms with Crippen molar-refractivity contribution >= 4 is 43.6 Å². The van der Waals surface area contributed by atoms with Crippen molar-refractivity contribution in [2.45, 2.75) is 6.92 Å². The molecule has 103 valence electrons. The Morgan fingerprint density at radius 3 is 2.81 bits per heavy atom. The van der Waals surface area contributed by atoms with E-state index in [1.165, 1.54) is 21.7 Å². The van der Waals surface area contributed by atoms with Gasteiger partial charge in [0.15, 0.2) is 0 Å². The minimum atomic E-state index is 0. The summed E-state index contributed by atoms with van der Waals surface area (Å²) in [6.07, 6.45) is 1.91. The maximum atomic E-state index is 5.97. The summed E-state index contributed by atoms with van der Waals surface area (Å²) in [6.45, 7) is 2.07. The second-order valence-corrected chi connectivity index (χ2v) is 5.28. The molecular formula is C18H10IrNO-. The van der Waals surface area contributed by atoms with Gasteiger partial charge >= 0.3 is 0 Å². The Kier molecular flexibility index (Phi) is 2.59. The first-order chi connectivity index (χ1) is 9.83. The molecule has 0 saturated carbocycles. The zero-order valence-electron chi connectivity index (χ0n) is 11.2. The van der Waals surface area contributed by atoms with Crippen molar-refractivity contribution in [2.75, 3.05) is 0 Å². The van der Waals surface area contributed by atoms with E-state index in [1.54, 1.807) is 0 Å². The number of furan rings is 1. The van der Waals surface area contributed by atoms with Crippen LogP contribution in [0.15, 0.2) is 47.0 Å². The van der Waals surface area contributed by atoms with Crippen molar-refractivity contribution in [3.05, 3.63) is 54.2 Å². The maximum Gasteiger partial charge on any atom is 0.124 e. The molecule has 0 saturated heterocycles. The maximum absolute atomic E-state index is 5.97. The summed E-state index contributed by atoms with van der Waals surface area (Å²) in [5.41, 5.74) is 4.02. The molecule has 21 heavy (non-hydrogen) atoms. The molecule has 0 spiro atoms. The molecule has 0 atom stereocenters. The van der Waals surface area contributed by atoms with Gasteiger partial charge in [-0.1, -0.05) is 29.7 Å². The summed E-state index contributed by atoms with van der Waals surface area (Å²) < 4.78 is 5.97. The Labute approximate surface area is 134 Å². The number of benzene rings is 3. The fourth-order valence-electron chi connectivity index (χ4n) is 3.19. The van der Waals surface area contributed by atoms with E-state index >= 15 is 0 Å². The molecule has 5 rings (SSSR count). The van der Waals surface area contributed by atoms with E-state index in [0.717, 1.165) is 27.5 Å². The predicted octanol–water partition coefficient (Wildman–Crippen LogP) is 4.83. The third kappa shape index (κ3) is 1.53. The predicted molar refractivity (Wildman–Crippen MR) is 81.3 cm³/mol. The van der Waals surface area contributed by atoms with Crippen LogP contribution in [-0.4, -0.2) is 4.98 Å². The number of rotatable bonds is 0. The topological polar surface area (TPSA) is 26.0 Å². The zero-order valence-corrected chi connectivity index (χ0v) is 13.6. The van der Waals surface area contributed by atoms with Gasteiger partial charge in [0.2, 0.25) is 0 Å². The molecule has 0 N–H and O–H groups in total. The second kappa shape index (κ2) is 4.27. The molecule has 0 aliphatic rings. The molecule has 3 aromatic carbocycles. The first-order valence-electron chi connectivity index (χ1n) is 6.66. The summed E-state index contributed by atoms with van der Waals surface area (Å²) in [7, 11) is 0. The molecule has 2 heterocycles. The van der Waals surface area contributed by atoms with Gasteiger partial charge in [-0.2, -0.15) is 0 Å². The average Bonchev–Trinajstić information content (AvgIpc) is 2.85. The van der Waals surface area contributed by atoms with Gasteiger partial charge in [-0.3, -0.25) is 0 Å². The van der Waals surface area contributed by atoms with E-state index < -0.39 is 0 Å². The SMILES string of the molecule is Cc1cnc2c3[c-]ccc4oc5cccc(c2c1)c5c43.[Ir]. The van der Waals surface area contributed by atoms with E-state index in [-0.39, 0.29) is 20.1 Å². The smallest absolute Gasteiger partial charge is 0.124 e. The molecule has 0 aliphatic heterocycles. The van der Waals surface area contributed by atoms with Gasteiger partial charge in [0, 0.05) is 26.3 Å². The molecule has 0 unspecified atom stereocenters. The summed E-state index contributed by atoms with van der Waals surface area (Å²) in [4.78, 5) is 4.64. The van der Waals surface area contributed by atoms with Crippen LogP contribution in [-0.2, 0) is 20.1 Å². The van der Waals surface area contributed by atoms with Crippen molar-refractivity contribution in [1.29, 1.82) is 0 Å². The van der Waals surface area contributed by atoms with E-state index in [1.807, 2.05) is 30.5 Å². The van der Waals surface area contributed by atoms with Gasteiger partial charge in [-0.15, -0.1) is 17.5 Å². The molecule has 5 aromatic rings. The molecule has 3 heteroatoms. The van der Waals surface area contributed by atoms with E-state index in [9.17, 15) is 0 Å². The quantitative estimate of drug-likeness (QED) is 0.251. The summed E-state index contributed by atoms with van der Waals surface area (Å²) in [6, 6.07) is 15.6. The zero-order chi connectivity index (χ0) is 13.3. The van der Waals surface area contributed by atoms with Crippen LogP contribution in [0, 0.1) is 13.0 Å². The van der Waals surface area contributed by atoms with Crippen molar-refractivity contribution in [1.82, 2.24) is 4.98 Å². The number of hydrogen-bond acceptors (Lipinski definition) is 2. The minimum absolute atomic E-state index is 0. The van der Waals surface area contributed by atoms with Gasteiger partial charge in [0.05, 0.1) is 5.58 Å². The Hall–Kier alpha value is -1.96. The van der Waals surface area contributed by atoms with Gasteiger partial charge in [0.25, 0.3) is 0 Å². The van der Waals surface area contributed by atoms with Crippen LogP contribution in [0.3, 0.4) is 0 Å². The Morgan fingerprint density at radius 1 is 1.05 bits per heavy atom. The van der Waals surface area contributed by atoms with Crippen molar-refractivity contribution in [3.8, 4) is 0 Å². The molecule has 0 bridgehead atoms. The normalized spacial score (nSPS) is 11.7. The summed E-state index contributed by atoms with van der Waals surface area (Å²) in [5, 5.41) is 5.76. The van der Waals surface area contributed by atoms with Crippen molar-refractivity contribution in [3.63, 3.8) is 0 Å². The van der Waals surface area contributed by atoms with Gasteiger partial charge < -0.3 is 9.40 Å². The standard InChI is InChI=1S/C18H10NO.Ir/c1-10-8-13-11-4-2-6-14-16(11)17-12(18(13)19-9-10)5-3-7-15(17)20-14;/h2-4,6-9H,1H3;/q-1;. The van der Waals surface area contributed by atoms with E-state index in [2.05, 4.69) is 30.1 Å². The molecule has 0 fully saturated rings. The molecular weight excluding hydrogens is 438 g/mol. The van der Waals surface area contributed by atoms with Crippen molar-refractivity contribution < 1.29 is 24.5 Å². The first kappa shape index (κ1) is 12.8. The number of hydrogen-bond donors (Lipinski definition) is 0. The number of pyridine rings is 1. The third-order valence-corrected chi connectivity index (χ3v) is 4.01.